The average Bonchev–Trinajstić information content (AvgIpc) is 0.751. The molecule has 14 aliphatic carbocycles. The summed E-state index contributed by atoms with van der Waals surface area (Å²) >= 11 is 0. The summed E-state index contributed by atoms with van der Waals surface area (Å²) in [5.41, 5.74) is 0.694. The van der Waals surface area contributed by atoms with Crippen molar-refractivity contribution in [2.75, 3.05) is 0 Å². The van der Waals surface area contributed by atoms with Gasteiger partial charge in [-0.2, -0.15) is 0 Å². The van der Waals surface area contributed by atoms with Gasteiger partial charge in [-0.1, -0.05) is 350 Å². The zero-order chi connectivity index (χ0) is 74.1. The van der Waals surface area contributed by atoms with Crippen LogP contribution in [0.2, 0.25) is 0 Å². The largest absolute Gasteiger partial charge is 0.0651 e. The third-order valence-electron chi connectivity index (χ3n) is 32.8. The van der Waals surface area contributed by atoms with Gasteiger partial charge in [0.15, 0.2) is 0 Å². The van der Waals surface area contributed by atoms with Crippen LogP contribution in [-0.2, 0) is 0 Å². The number of hydrogen-bond acceptors (Lipinski definition) is 0. The lowest BCUT2D eigenvalue weighted by molar-refractivity contribution is -0.107. The van der Waals surface area contributed by atoms with E-state index in [0.717, 1.165) is 166 Å². The molecule has 14 aliphatic rings. The minimum atomic E-state index is 0.694. The molecule has 0 heterocycles. The van der Waals surface area contributed by atoms with Gasteiger partial charge in [-0.3, -0.25) is 0 Å². The quantitative estimate of drug-likeness (QED) is 0.193. The first-order chi connectivity index (χ1) is 48.8. The molecule has 6 unspecified atom stereocenters. The molecule has 0 aromatic rings. The second-order valence-corrected chi connectivity index (χ2v) is 44.1. The van der Waals surface area contributed by atoms with E-state index in [0.29, 0.717) is 5.41 Å². The Morgan fingerprint density at radius 2 is 0.520 bits per heavy atom. The number of hydrogen-bond donors (Lipinski definition) is 0. The second-order valence-electron chi connectivity index (χ2n) is 44.1. The highest BCUT2D eigenvalue weighted by atomic mass is 14.6. The summed E-state index contributed by atoms with van der Waals surface area (Å²) in [7, 11) is 0. The molecular weight excluding hydrogens is 1230 g/mol. The van der Waals surface area contributed by atoms with Crippen LogP contribution in [0.5, 0.6) is 0 Å². The van der Waals surface area contributed by atoms with Gasteiger partial charge >= 0.3 is 0 Å². The van der Waals surface area contributed by atoms with Crippen molar-refractivity contribution in [2.45, 2.75) is 479 Å². The summed E-state index contributed by atoms with van der Waals surface area (Å²) in [5, 5.41) is 0. The third-order valence-corrected chi connectivity index (χ3v) is 32.8. The van der Waals surface area contributed by atoms with Crippen LogP contribution in [0.25, 0.3) is 0 Å². The van der Waals surface area contributed by atoms with Gasteiger partial charge in [-0.05, 0) is 300 Å². The summed E-state index contributed by atoms with van der Waals surface area (Å²) in [5.74, 6) is 28.8. The van der Waals surface area contributed by atoms with Crippen LogP contribution < -0.4 is 0 Å². The van der Waals surface area contributed by atoms with Crippen molar-refractivity contribution in [3.05, 3.63) is 0 Å². The molecule has 0 aromatic carbocycles. The van der Waals surface area contributed by atoms with E-state index in [-0.39, 0.29) is 0 Å². The van der Waals surface area contributed by atoms with E-state index in [9.17, 15) is 0 Å². The van der Waals surface area contributed by atoms with E-state index >= 15 is 0 Å². The highest BCUT2D eigenvalue weighted by molar-refractivity contribution is 5.03. The normalized spacial score (nSPS) is 35.4. The minimum absolute atomic E-state index is 0.694. The molecule has 14 fully saturated rings. The first kappa shape index (κ1) is 90.9. The number of fused-ring (bicyclic) bond motifs is 10. The SMILES string of the molecule is CC(C)C1CCCCCCC1.CC(C)C1CCCCCCCC1.CC(C)C1CCCCCCCCC1.CC(C)C1C[C@H]2CCCC[C@@H](C1)C2.CC(C)C1C[C@H]2CCC[C@@H](C1)C2.CC(C)CC[C@@H]1CC[C@H]2C[C@@H]1C2(C)C.CC1C[C@@H]2CC(C(C)C)C[C@H](C1)C2.CCC1C[C@@H]2CC(C(C)C)C[C@H](C1)C2. The van der Waals surface area contributed by atoms with Crippen molar-refractivity contribution in [3.63, 3.8) is 0 Å². The van der Waals surface area contributed by atoms with Crippen LogP contribution in [0.15, 0.2) is 0 Å². The maximum atomic E-state index is 2.51. The average molecular weight is 1420 g/mol. The van der Waals surface area contributed by atoms with Crippen LogP contribution in [0.4, 0.5) is 0 Å². The monoisotopic (exact) mass is 1420 g/mol. The first-order valence-corrected chi connectivity index (χ1v) is 48.8. The fraction of sp³-hybridized carbons (Fsp3) is 1.00. The van der Waals surface area contributed by atoms with Gasteiger partial charge in [0.05, 0.1) is 0 Å². The van der Waals surface area contributed by atoms with Gasteiger partial charge in [-0.15, -0.1) is 0 Å². The highest BCUT2D eigenvalue weighted by Gasteiger charge is 2.54. The second kappa shape index (κ2) is 49.4. The Hall–Kier alpha value is 0. The smallest absolute Gasteiger partial charge is 0.0295 e. The summed E-state index contributed by atoms with van der Waals surface area (Å²) in [6.45, 7) is 48.2. The Kier molecular flexibility index (Phi) is 44.0. The number of rotatable bonds is 11. The van der Waals surface area contributed by atoms with Crippen LogP contribution in [-0.4, -0.2) is 0 Å². The zero-order valence-electron chi connectivity index (χ0n) is 74.1. The highest BCUT2D eigenvalue weighted by Crippen LogP contribution is 2.62. The Bertz CT molecular complexity index is 1940. The molecule has 0 aromatic heterocycles. The van der Waals surface area contributed by atoms with Crippen LogP contribution in [0.3, 0.4) is 0 Å². The zero-order valence-corrected chi connectivity index (χ0v) is 74.1. The third kappa shape index (κ3) is 33.9. The standard InChI is InChI=1S/2C14H26.2C13H24.C13H26.C12H22.C12H24.C11H22/c1-10(2)5-6-11-7-8-12-9-13(11)14(12,3)4;1-4-11-5-12-7-13(6-11)9-14(8-12)10(2)3;1-9(2)13-7-11-4-10(3)5-12(6-11)8-13;1-10(2)13-8-11-5-3-4-6-12(7-11)9-13;1-12(2)13-10-8-6-4-3-5-7-9-11-13;1-9(2)12-7-10-4-3-5-11(6-10)8-12;1-11(2)12-9-7-5-3-4-6-8-10-12;1-10(2)11-8-6-4-3-5-7-9-11/h10-13H,5-9H2,1-4H3;10-14H,4-9H2,1-3H3;9-13H,4-8H2,1-3H3;10-13H,3-9H2,1-2H3;12-13H,3-11H2,1-2H3;9-12H,3-8H2,1-2H3;11-12H,3-10H2,1-2H3;10-11H,3-9H2,1-2H3/t11-,12+,13+;11?,12-,13+,14?;10?,11-,12+,13?;11-,12+,13?;;10-,11+,12?;;/m1......./s1. The summed E-state index contributed by atoms with van der Waals surface area (Å²) in [6, 6.07) is 0. The fourth-order valence-electron chi connectivity index (χ4n) is 25.4. The van der Waals surface area contributed by atoms with Crippen molar-refractivity contribution in [1.82, 2.24) is 0 Å². The fourth-order valence-corrected chi connectivity index (χ4v) is 25.4. The van der Waals surface area contributed by atoms with Crippen LogP contribution >= 0.6 is 0 Å². The molecule has 0 amide bonds. The topological polar surface area (TPSA) is 0 Å². The van der Waals surface area contributed by atoms with Gasteiger partial charge in [0.1, 0.15) is 0 Å². The molecule has 0 radical (unpaired) electrons. The maximum absolute atomic E-state index is 2.51. The van der Waals surface area contributed by atoms with Gasteiger partial charge in [0.2, 0.25) is 0 Å². The molecule has 0 nitrogen and oxygen atoms in total. The lowest BCUT2D eigenvalue weighted by Gasteiger charge is -2.60. The molecule has 14 saturated carbocycles. The van der Waals surface area contributed by atoms with Gasteiger partial charge < -0.3 is 0 Å². The maximum Gasteiger partial charge on any atom is -0.0295 e. The van der Waals surface area contributed by atoms with Gasteiger partial charge in [-0.25, -0.2) is 0 Å². The predicted octanol–water partition coefficient (Wildman–Crippen LogP) is 34.4. The Balaban J connectivity index is 0.000000183. The van der Waals surface area contributed by atoms with Crippen molar-refractivity contribution in [2.24, 2.45) is 171 Å². The molecule has 10 bridgehead atoms. The predicted molar refractivity (Wildman–Crippen MR) is 458 cm³/mol. The van der Waals surface area contributed by atoms with E-state index in [1.165, 1.54) is 218 Å². The van der Waals surface area contributed by atoms with Crippen LogP contribution in [0, 0.1) is 171 Å². The van der Waals surface area contributed by atoms with Crippen molar-refractivity contribution < 1.29 is 0 Å². The molecule has 17 atom stereocenters. The molecule has 0 N–H and O–H groups in total. The molecule has 14 rings (SSSR count). The summed E-state index contributed by atoms with van der Waals surface area (Å²) < 4.78 is 0. The Labute approximate surface area is 646 Å². The van der Waals surface area contributed by atoms with E-state index < -0.39 is 0 Å². The summed E-state index contributed by atoms with van der Waals surface area (Å²) in [6.07, 6.45) is 80.3. The molecular formula is C102H194. The van der Waals surface area contributed by atoms with Crippen molar-refractivity contribution >= 4 is 0 Å². The molecule has 602 valence electrons. The Morgan fingerprint density at radius 1 is 0.255 bits per heavy atom. The lowest BCUT2D eigenvalue weighted by Crippen LogP contribution is -2.52. The molecule has 102 heavy (non-hydrogen) atoms. The molecule has 0 spiro atoms. The van der Waals surface area contributed by atoms with Crippen molar-refractivity contribution in [3.8, 4) is 0 Å². The molecule has 0 heteroatoms. The summed E-state index contributed by atoms with van der Waals surface area (Å²) in [4.78, 5) is 0. The van der Waals surface area contributed by atoms with E-state index in [4.69, 9.17) is 0 Å². The van der Waals surface area contributed by atoms with Crippen molar-refractivity contribution in [1.29, 1.82) is 0 Å². The Morgan fingerprint density at radius 3 is 0.794 bits per heavy atom. The molecule has 0 aliphatic heterocycles. The van der Waals surface area contributed by atoms with Crippen LogP contribution in [0.1, 0.15) is 479 Å². The lowest BCUT2D eigenvalue weighted by atomic mass is 9.45. The van der Waals surface area contributed by atoms with Gasteiger partial charge in [0.25, 0.3) is 0 Å². The van der Waals surface area contributed by atoms with Gasteiger partial charge in [0, 0.05) is 0 Å². The molecule has 0 saturated heterocycles. The van der Waals surface area contributed by atoms with E-state index in [1.807, 2.05) is 0 Å². The minimum Gasteiger partial charge on any atom is -0.0651 e. The van der Waals surface area contributed by atoms with E-state index in [1.54, 1.807) is 122 Å². The van der Waals surface area contributed by atoms with E-state index in [2.05, 4.69) is 138 Å². The first-order valence-electron chi connectivity index (χ1n) is 48.8.